The normalized spacial score (nSPS) is 18.0. The predicted molar refractivity (Wildman–Crippen MR) is 99.4 cm³/mol. The van der Waals surface area contributed by atoms with E-state index in [1.807, 2.05) is 31.9 Å². The maximum atomic E-state index is 12.5. The minimum absolute atomic E-state index is 0.0855. The minimum atomic E-state index is -0.486. The monoisotopic (exact) mass is 368 g/mol. The number of amides is 1. The van der Waals surface area contributed by atoms with Crippen LogP contribution in [0.25, 0.3) is 0 Å². The van der Waals surface area contributed by atoms with Crippen molar-refractivity contribution < 1.29 is 14.3 Å². The van der Waals surface area contributed by atoms with Gasteiger partial charge in [0.25, 0.3) is 0 Å². The Morgan fingerprint density at radius 2 is 2.16 bits per heavy atom. The number of likely N-dealkylation sites (tertiary alicyclic amines) is 1. The number of anilines is 1. The highest BCUT2D eigenvalue weighted by Gasteiger charge is 2.30. The molecule has 25 heavy (non-hydrogen) atoms. The van der Waals surface area contributed by atoms with Crippen LogP contribution >= 0.6 is 11.8 Å². The summed E-state index contributed by atoms with van der Waals surface area (Å²) in [7, 11) is 1.58. The third-order valence-corrected chi connectivity index (χ3v) is 4.40. The van der Waals surface area contributed by atoms with Gasteiger partial charge >= 0.3 is 6.09 Å². The lowest BCUT2D eigenvalue weighted by atomic mass is 10.0. The van der Waals surface area contributed by atoms with Crippen molar-refractivity contribution in [3.63, 3.8) is 0 Å². The summed E-state index contributed by atoms with van der Waals surface area (Å²) < 4.78 is 10.8. The molecule has 2 heterocycles. The van der Waals surface area contributed by atoms with E-state index in [2.05, 4.69) is 15.3 Å². The van der Waals surface area contributed by atoms with Crippen LogP contribution in [0.2, 0.25) is 0 Å². The van der Waals surface area contributed by atoms with E-state index in [1.54, 1.807) is 13.2 Å². The zero-order valence-electron chi connectivity index (χ0n) is 15.7. The molecule has 1 saturated heterocycles. The molecule has 0 aromatic carbocycles. The summed E-state index contributed by atoms with van der Waals surface area (Å²) in [5.41, 5.74) is -0.486. The first-order valence-corrected chi connectivity index (χ1v) is 9.75. The number of nitrogens with one attached hydrogen (secondary N) is 1. The maximum absolute atomic E-state index is 12.5. The molecule has 140 valence electrons. The largest absolute Gasteiger partial charge is 0.481 e. The van der Waals surface area contributed by atoms with Crippen LogP contribution in [0.1, 0.15) is 40.0 Å². The molecule has 0 unspecified atom stereocenters. The van der Waals surface area contributed by atoms with Gasteiger partial charge in [0, 0.05) is 19.2 Å². The molecule has 1 fully saturated rings. The van der Waals surface area contributed by atoms with Gasteiger partial charge in [-0.15, -0.1) is 0 Å². The fourth-order valence-electron chi connectivity index (χ4n) is 2.69. The molecule has 1 aromatic rings. The summed E-state index contributed by atoms with van der Waals surface area (Å²) >= 11 is 1.46. The van der Waals surface area contributed by atoms with Gasteiger partial charge in [-0.05, 0) is 46.3 Å². The standard InChI is InChI=1S/C17H28N4O3S/c1-17(2,3)24-16(22)21-9-7-6-8-12(21)11-18-13-10-14(23-4)20-15(19-13)25-5/h10,12H,6-9,11H2,1-5H3,(H,18,19,20)/t12-/m1/s1. The van der Waals surface area contributed by atoms with E-state index in [0.717, 1.165) is 25.8 Å². The first-order valence-electron chi connectivity index (χ1n) is 8.53. The Bertz CT molecular complexity index is 569. The number of carbonyl (C=O) groups excluding carboxylic acids is 1. The Labute approximate surface area is 153 Å². The first kappa shape index (κ1) is 19.6. The van der Waals surface area contributed by atoms with Crippen LogP contribution in [0.3, 0.4) is 0 Å². The number of thioether (sulfide) groups is 1. The zero-order chi connectivity index (χ0) is 18.4. The number of nitrogens with zero attached hydrogens (tertiary/aromatic N) is 3. The molecule has 1 amide bonds. The SMILES string of the molecule is COc1cc(NC[C@H]2CCCCN2C(=O)OC(C)(C)C)nc(SC)n1. The summed E-state index contributed by atoms with van der Waals surface area (Å²) in [6.45, 7) is 7.01. The summed E-state index contributed by atoms with van der Waals surface area (Å²) in [5, 5.41) is 3.97. The highest BCUT2D eigenvalue weighted by Crippen LogP contribution is 2.22. The van der Waals surface area contributed by atoms with Crippen molar-refractivity contribution in [3.05, 3.63) is 6.07 Å². The molecule has 0 bridgehead atoms. The van der Waals surface area contributed by atoms with E-state index in [-0.39, 0.29) is 12.1 Å². The van der Waals surface area contributed by atoms with Crippen LogP contribution in [0.5, 0.6) is 5.88 Å². The van der Waals surface area contributed by atoms with Gasteiger partial charge < -0.3 is 19.7 Å². The van der Waals surface area contributed by atoms with Gasteiger partial charge in [-0.3, -0.25) is 0 Å². The van der Waals surface area contributed by atoms with Crippen molar-refractivity contribution in [3.8, 4) is 5.88 Å². The van der Waals surface area contributed by atoms with Crippen molar-refractivity contribution in [2.24, 2.45) is 0 Å². The van der Waals surface area contributed by atoms with Crippen molar-refractivity contribution in [2.45, 2.75) is 56.8 Å². The number of hydrogen-bond donors (Lipinski definition) is 1. The van der Waals surface area contributed by atoms with Crippen LogP contribution in [-0.4, -0.2) is 59.1 Å². The van der Waals surface area contributed by atoms with E-state index < -0.39 is 5.60 Å². The lowest BCUT2D eigenvalue weighted by Crippen LogP contribution is -2.48. The highest BCUT2D eigenvalue weighted by atomic mass is 32.2. The van der Waals surface area contributed by atoms with Gasteiger partial charge in [0.05, 0.1) is 13.2 Å². The highest BCUT2D eigenvalue weighted by molar-refractivity contribution is 7.98. The molecule has 1 aliphatic rings. The molecule has 0 radical (unpaired) electrons. The Kier molecular flexibility index (Phi) is 6.75. The number of hydrogen-bond acceptors (Lipinski definition) is 7. The van der Waals surface area contributed by atoms with E-state index in [1.165, 1.54) is 11.8 Å². The average Bonchev–Trinajstić information content (AvgIpc) is 2.58. The lowest BCUT2D eigenvalue weighted by molar-refractivity contribution is 0.0114. The second-order valence-electron chi connectivity index (χ2n) is 6.99. The molecule has 0 saturated carbocycles. The number of ether oxygens (including phenoxy) is 2. The zero-order valence-corrected chi connectivity index (χ0v) is 16.5. The summed E-state index contributed by atoms with van der Waals surface area (Å²) in [5.74, 6) is 1.22. The second kappa shape index (κ2) is 8.60. The van der Waals surface area contributed by atoms with Gasteiger partial charge in [0.15, 0.2) is 5.16 Å². The number of piperidine rings is 1. The first-order chi connectivity index (χ1) is 11.8. The predicted octanol–water partition coefficient (Wildman–Crippen LogP) is 3.41. The molecular formula is C17H28N4O3S. The molecular weight excluding hydrogens is 340 g/mol. The van der Waals surface area contributed by atoms with E-state index in [0.29, 0.717) is 23.4 Å². The summed E-state index contributed by atoms with van der Waals surface area (Å²) in [6.07, 6.45) is 4.74. The van der Waals surface area contributed by atoms with Gasteiger partial charge in [-0.1, -0.05) is 11.8 Å². The number of aromatic nitrogens is 2. The van der Waals surface area contributed by atoms with E-state index in [9.17, 15) is 4.79 Å². The number of rotatable bonds is 5. The lowest BCUT2D eigenvalue weighted by Gasteiger charge is -2.36. The van der Waals surface area contributed by atoms with Crippen LogP contribution in [0.15, 0.2) is 11.2 Å². The summed E-state index contributed by atoms with van der Waals surface area (Å²) in [6, 6.07) is 1.85. The molecule has 1 atom stereocenters. The molecule has 8 heteroatoms. The van der Waals surface area contributed by atoms with Gasteiger partial charge in [0.2, 0.25) is 5.88 Å². The second-order valence-corrected chi connectivity index (χ2v) is 7.76. The molecule has 1 N–H and O–H groups in total. The molecule has 1 aromatic heterocycles. The molecule has 7 nitrogen and oxygen atoms in total. The fourth-order valence-corrected chi connectivity index (χ4v) is 3.06. The van der Waals surface area contributed by atoms with Crippen molar-refractivity contribution in [1.29, 1.82) is 0 Å². The van der Waals surface area contributed by atoms with Crippen molar-refractivity contribution in [1.82, 2.24) is 14.9 Å². The van der Waals surface area contributed by atoms with Gasteiger partial charge in [0.1, 0.15) is 11.4 Å². The Hall–Kier alpha value is -1.70. The Balaban J connectivity index is 2.03. The Morgan fingerprint density at radius 3 is 2.80 bits per heavy atom. The Morgan fingerprint density at radius 1 is 1.40 bits per heavy atom. The van der Waals surface area contributed by atoms with Crippen LogP contribution in [0.4, 0.5) is 10.6 Å². The van der Waals surface area contributed by atoms with E-state index >= 15 is 0 Å². The number of carbonyl (C=O) groups is 1. The third kappa shape index (κ3) is 5.95. The van der Waals surface area contributed by atoms with Crippen LogP contribution in [-0.2, 0) is 4.74 Å². The molecule has 1 aliphatic heterocycles. The summed E-state index contributed by atoms with van der Waals surface area (Å²) in [4.78, 5) is 23.0. The van der Waals surface area contributed by atoms with E-state index in [4.69, 9.17) is 9.47 Å². The van der Waals surface area contributed by atoms with Crippen LogP contribution in [0, 0.1) is 0 Å². The average molecular weight is 369 g/mol. The quantitative estimate of drug-likeness (QED) is 0.630. The van der Waals surface area contributed by atoms with Crippen molar-refractivity contribution in [2.75, 3.05) is 31.8 Å². The van der Waals surface area contributed by atoms with Crippen molar-refractivity contribution >= 4 is 23.7 Å². The topological polar surface area (TPSA) is 76.6 Å². The number of methoxy groups -OCH3 is 1. The maximum Gasteiger partial charge on any atom is 0.410 e. The van der Waals surface area contributed by atoms with Gasteiger partial charge in [-0.25, -0.2) is 9.78 Å². The molecule has 0 aliphatic carbocycles. The fraction of sp³-hybridized carbons (Fsp3) is 0.706. The van der Waals surface area contributed by atoms with Gasteiger partial charge in [-0.2, -0.15) is 4.98 Å². The molecule has 2 rings (SSSR count). The third-order valence-electron chi connectivity index (χ3n) is 3.85. The minimum Gasteiger partial charge on any atom is -0.481 e. The smallest absolute Gasteiger partial charge is 0.410 e. The molecule has 0 spiro atoms. The van der Waals surface area contributed by atoms with Crippen LogP contribution < -0.4 is 10.1 Å².